The van der Waals surface area contributed by atoms with E-state index in [0.29, 0.717) is 9.47 Å². The number of hydrogen-bond acceptors (Lipinski definition) is 3. The minimum Gasteiger partial charge on any atom is -0.331 e. The Hall–Kier alpha value is -1.24. The topological polar surface area (TPSA) is 37.8 Å². The van der Waals surface area contributed by atoms with Gasteiger partial charge in [0.25, 0.3) is 5.56 Å². The summed E-state index contributed by atoms with van der Waals surface area (Å²) in [5.41, 5.74) is 2.56. The summed E-state index contributed by atoms with van der Waals surface area (Å²) in [6, 6.07) is 7.61. The molecule has 96 valence electrons. The van der Waals surface area contributed by atoms with E-state index in [4.69, 9.17) is 12.2 Å². The molecule has 0 amide bonds. The Bertz CT molecular complexity index is 892. The van der Waals surface area contributed by atoms with E-state index in [1.54, 1.807) is 0 Å². The second kappa shape index (κ2) is 4.70. The van der Waals surface area contributed by atoms with Crippen LogP contribution in [0.15, 0.2) is 38.9 Å². The van der Waals surface area contributed by atoms with E-state index in [2.05, 4.69) is 20.9 Å². The molecule has 0 unspecified atom stereocenters. The highest BCUT2D eigenvalue weighted by atomic mass is 79.9. The molecule has 0 spiro atoms. The third kappa shape index (κ3) is 2.09. The van der Waals surface area contributed by atoms with Gasteiger partial charge in [-0.3, -0.25) is 9.36 Å². The minimum atomic E-state index is -0.0736. The van der Waals surface area contributed by atoms with Gasteiger partial charge in [-0.15, -0.1) is 11.3 Å². The van der Waals surface area contributed by atoms with E-state index in [1.807, 2.05) is 36.6 Å². The molecule has 1 N–H and O–H groups in total. The number of nitrogens with one attached hydrogen (secondary N) is 1. The van der Waals surface area contributed by atoms with Crippen LogP contribution in [0.2, 0.25) is 0 Å². The van der Waals surface area contributed by atoms with E-state index in [0.717, 1.165) is 21.2 Å². The molecule has 3 aromatic rings. The van der Waals surface area contributed by atoms with Gasteiger partial charge in [0, 0.05) is 4.47 Å². The highest BCUT2D eigenvalue weighted by Gasteiger charge is 2.09. The smallest absolute Gasteiger partial charge is 0.276 e. The maximum absolute atomic E-state index is 12.5. The molecule has 0 radical (unpaired) electrons. The molecule has 19 heavy (non-hydrogen) atoms. The molecule has 2 aromatic heterocycles. The van der Waals surface area contributed by atoms with E-state index >= 15 is 0 Å². The predicted octanol–water partition coefficient (Wildman–Crippen LogP) is 4.18. The first-order valence-electron chi connectivity index (χ1n) is 5.57. The number of hydrogen-bond donors (Lipinski definition) is 1. The Morgan fingerprint density at radius 2 is 2.16 bits per heavy atom. The Kier molecular flexibility index (Phi) is 3.16. The average molecular weight is 353 g/mol. The summed E-state index contributed by atoms with van der Waals surface area (Å²) >= 11 is 10.2. The first-order valence-corrected chi connectivity index (χ1v) is 7.65. The normalized spacial score (nSPS) is 11.1. The number of aromatic amines is 1. The number of benzene rings is 1. The van der Waals surface area contributed by atoms with Crippen molar-refractivity contribution in [1.82, 2.24) is 9.55 Å². The second-order valence-corrected chi connectivity index (χ2v) is 6.32. The number of aromatic nitrogens is 2. The molecule has 0 bridgehead atoms. The van der Waals surface area contributed by atoms with Crippen LogP contribution in [-0.4, -0.2) is 9.55 Å². The minimum absolute atomic E-state index is 0.0736. The fourth-order valence-electron chi connectivity index (χ4n) is 1.94. The molecule has 2 heterocycles. The Morgan fingerprint density at radius 3 is 2.89 bits per heavy atom. The lowest BCUT2D eigenvalue weighted by Gasteiger charge is -2.08. The number of fused-ring (bicyclic) bond motifs is 1. The van der Waals surface area contributed by atoms with Crippen LogP contribution in [0, 0.1) is 11.7 Å². The standard InChI is InChI=1S/C13H9BrN2OS2/c1-7-6-8(2-3-9(7)14)16-12(17)11-10(4-5-19-11)15-13(16)18/h2-6H,1H3,(H,15,18). The third-order valence-corrected chi connectivity index (χ3v) is 4.98. The van der Waals surface area contributed by atoms with Gasteiger partial charge in [-0.25, -0.2) is 0 Å². The van der Waals surface area contributed by atoms with Crippen molar-refractivity contribution >= 4 is 49.7 Å². The van der Waals surface area contributed by atoms with Crippen LogP contribution in [0.1, 0.15) is 5.56 Å². The zero-order chi connectivity index (χ0) is 13.6. The molecule has 0 saturated carbocycles. The highest BCUT2D eigenvalue weighted by Crippen LogP contribution is 2.20. The van der Waals surface area contributed by atoms with Crippen molar-refractivity contribution in [2.45, 2.75) is 6.92 Å². The second-order valence-electron chi connectivity index (χ2n) is 4.17. The molecule has 0 aliphatic carbocycles. The molecular weight excluding hydrogens is 344 g/mol. The SMILES string of the molecule is Cc1cc(-n2c(=S)[nH]c3ccsc3c2=O)ccc1Br. The van der Waals surface area contributed by atoms with Crippen LogP contribution in [0.5, 0.6) is 0 Å². The quantitative estimate of drug-likeness (QED) is 0.667. The molecule has 0 saturated heterocycles. The fourth-order valence-corrected chi connectivity index (χ4v) is 3.26. The number of thiophene rings is 1. The largest absolute Gasteiger partial charge is 0.331 e. The van der Waals surface area contributed by atoms with Crippen LogP contribution in [0.4, 0.5) is 0 Å². The highest BCUT2D eigenvalue weighted by molar-refractivity contribution is 9.10. The van der Waals surface area contributed by atoms with Gasteiger partial charge in [-0.05, 0) is 54.4 Å². The lowest BCUT2D eigenvalue weighted by atomic mass is 10.2. The number of aryl methyl sites for hydroxylation is 1. The van der Waals surface area contributed by atoms with E-state index < -0.39 is 0 Å². The van der Waals surface area contributed by atoms with Gasteiger partial charge >= 0.3 is 0 Å². The van der Waals surface area contributed by atoms with Crippen molar-refractivity contribution in [3.8, 4) is 5.69 Å². The lowest BCUT2D eigenvalue weighted by molar-refractivity contribution is 0.941. The van der Waals surface area contributed by atoms with Crippen LogP contribution >= 0.6 is 39.5 Å². The summed E-state index contributed by atoms with van der Waals surface area (Å²) in [4.78, 5) is 15.6. The summed E-state index contributed by atoms with van der Waals surface area (Å²) in [6.45, 7) is 1.98. The molecule has 3 nitrogen and oxygen atoms in total. The fraction of sp³-hybridized carbons (Fsp3) is 0.0769. The summed E-state index contributed by atoms with van der Waals surface area (Å²) in [5.74, 6) is 0. The first kappa shape index (κ1) is 12.8. The number of halogens is 1. The van der Waals surface area contributed by atoms with Gasteiger partial charge in [0.15, 0.2) is 4.77 Å². The Morgan fingerprint density at radius 1 is 1.37 bits per heavy atom. The van der Waals surface area contributed by atoms with Crippen LogP contribution in [0.3, 0.4) is 0 Å². The molecule has 1 aromatic carbocycles. The number of rotatable bonds is 1. The molecule has 0 aliphatic heterocycles. The van der Waals surface area contributed by atoms with E-state index in [9.17, 15) is 4.79 Å². The van der Waals surface area contributed by atoms with E-state index in [-0.39, 0.29) is 5.56 Å². The number of H-pyrrole nitrogens is 1. The molecule has 0 fully saturated rings. The maximum atomic E-state index is 12.5. The number of nitrogens with zero attached hydrogens (tertiary/aromatic N) is 1. The monoisotopic (exact) mass is 352 g/mol. The van der Waals surface area contributed by atoms with Crippen LogP contribution in [0.25, 0.3) is 15.9 Å². The van der Waals surface area contributed by atoms with Gasteiger partial charge in [-0.1, -0.05) is 15.9 Å². The van der Waals surface area contributed by atoms with Crippen molar-refractivity contribution in [1.29, 1.82) is 0 Å². The molecule has 6 heteroatoms. The van der Waals surface area contributed by atoms with Crippen molar-refractivity contribution in [3.05, 3.63) is 54.8 Å². The van der Waals surface area contributed by atoms with Gasteiger partial charge in [0.1, 0.15) is 4.70 Å². The summed E-state index contributed by atoms with van der Waals surface area (Å²) in [5, 5.41) is 1.88. The summed E-state index contributed by atoms with van der Waals surface area (Å²) in [7, 11) is 0. The zero-order valence-electron chi connectivity index (χ0n) is 9.94. The van der Waals surface area contributed by atoms with Crippen molar-refractivity contribution in [3.63, 3.8) is 0 Å². The van der Waals surface area contributed by atoms with Crippen LogP contribution in [-0.2, 0) is 0 Å². The van der Waals surface area contributed by atoms with Crippen LogP contribution < -0.4 is 5.56 Å². The van der Waals surface area contributed by atoms with Gasteiger partial charge in [0.05, 0.1) is 11.2 Å². The van der Waals surface area contributed by atoms with Crippen molar-refractivity contribution in [2.24, 2.45) is 0 Å². The Balaban J connectivity index is 2.38. The molecule has 0 atom stereocenters. The third-order valence-electron chi connectivity index (χ3n) is 2.91. The molecular formula is C13H9BrN2OS2. The summed E-state index contributed by atoms with van der Waals surface area (Å²) in [6.07, 6.45) is 0. The average Bonchev–Trinajstić information content (AvgIpc) is 2.82. The maximum Gasteiger partial charge on any atom is 0.276 e. The van der Waals surface area contributed by atoms with Gasteiger partial charge in [0.2, 0.25) is 0 Å². The lowest BCUT2D eigenvalue weighted by Crippen LogP contribution is -2.19. The molecule has 0 aliphatic rings. The van der Waals surface area contributed by atoms with Crippen molar-refractivity contribution < 1.29 is 0 Å². The van der Waals surface area contributed by atoms with Crippen molar-refractivity contribution in [2.75, 3.05) is 0 Å². The predicted molar refractivity (Wildman–Crippen MR) is 85.0 cm³/mol. The van der Waals surface area contributed by atoms with Gasteiger partial charge < -0.3 is 4.98 Å². The van der Waals surface area contributed by atoms with E-state index in [1.165, 1.54) is 15.9 Å². The van der Waals surface area contributed by atoms with Gasteiger partial charge in [-0.2, -0.15) is 0 Å². The Labute approximate surface area is 126 Å². The first-order chi connectivity index (χ1) is 9.08. The zero-order valence-corrected chi connectivity index (χ0v) is 13.2. The summed E-state index contributed by atoms with van der Waals surface area (Å²) < 4.78 is 3.65. The molecule has 3 rings (SSSR count).